The molecule has 0 atom stereocenters. The highest BCUT2D eigenvalue weighted by Crippen LogP contribution is 2.25. The Morgan fingerprint density at radius 1 is 1.23 bits per heavy atom. The summed E-state index contributed by atoms with van der Waals surface area (Å²) < 4.78 is 0. The number of anilines is 1. The normalized spacial score (nSPS) is 10.2. The van der Waals surface area contributed by atoms with Crippen molar-refractivity contribution in [3.63, 3.8) is 0 Å². The third-order valence-electron chi connectivity index (χ3n) is 1.92. The first-order valence-electron chi connectivity index (χ1n) is 4.82. The fourth-order valence-corrected chi connectivity index (χ4v) is 2.12. The number of rotatable bonds is 5. The van der Waals surface area contributed by atoms with Crippen molar-refractivity contribution in [3.8, 4) is 0 Å². The highest BCUT2D eigenvalue weighted by atomic mass is 32.2. The molecule has 0 aromatic heterocycles. The van der Waals surface area contributed by atoms with Crippen LogP contribution in [-0.2, 0) is 0 Å². The molecule has 0 spiro atoms. The molecule has 1 rings (SSSR count). The Morgan fingerprint density at radius 2 is 2.00 bits per heavy atom. The SMILES string of the molecule is CCCCCSc1ccccc1N. The fraction of sp³-hybridized carbons (Fsp3) is 0.455. The van der Waals surface area contributed by atoms with Gasteiger partial charge in [-0.3, -0.25) is 0 Å². The summed E-state index contributed by atoms with van der Waals surface area (Å²) >= 11 is 1.86. The van der Waals surface area contributed by atoms with Crippen LogP contribution >= 0.6 is 11.8 Å². The minimum atomic E-state index is 0.906. The molecule has 2 heteroatoms. The number of unbranched alkanes of at least 4 members (excludes halogenated alkanes) is 2. The van der Waals surface area contributed by atoms with E-state index in [1.54, 1.807) is 0 Å². The van der Waals surface area contributed by atoms with Crippen molar-refractivity contribution in [1.29, 1.82) is 0 Å². The van der Waals surface area contributed by atoms with E-state index in [2.05, 4.69) is 13.0 Å². The van der Waals surface area contributed by atoms with Crippen LogP contribution in [0.15, 0.2) is 29.2 Å². The summed E-state index contributed by atoms with van der Waals surface area (Å²) in [7, 11) is 0. The zero-order valence-corrected chi connectivity index (χ0v) is 8.94. The van der Waals surface area contributed by atoms with Gasteiger partial charge in [0.2, 0.25) is 0 Å². The zero-order chi connectivity index (χ0) is 9.52. The number of nitrogen functional groups attached to an aromatic ring is 1. The van der Waals surface area contributed by atoms with Crippen LogP contribution in [0.5, 0.6) is 0 Å². The lowest BCUT2D eigenvalue weighted by Crippen LogP contribution is -1.88. The molecule has 72 valence electrons. The molecule has 0 saturated heterocycles. The predicted molar refractivity (Wildman–Crippen MR) is 61.1 cm³/mol. The summed E-state index contributed by atoms with van der Waals surface area (Å²) in [5.41, 5.74) is 6.72. The summed E-state index contributed by atoms with van der Waals surface area (Å²) in [4.78, 5) is 1.22. The number of hydrogen-bond acceptors (Lipinski definition) is 2. The first-order chi connectivity index (χ1) is 6.34. The van der Waals surface area contributed by atoms with Crippen molar-refractivity contribution in [2.45, 2.75) is 31.1 Å². The van der Waals surface area contributed by atoms with Crippen LogP contribution in [0.1, 0.15) is 26.2 Å². The largest absolute Gasteiger partial charge is 0.398 e. The first kappa shape index (κ1) is 10.5. The molecule has 1 nitrogen and oxygen atoms in total. The van der Waals surface area contributed by atoms with E-state index in [4.69, 9.17) is 5.73 Å². The monoisotopic (exact) mass is 195 g/mol. The van der Waals surface area contributed by atoms with Crippen LogP contribution in [0.2, 0.25) is 0 Å². The average Bonchev–Trinajstić information content (AvgIpc) is 2.15. The van der Waals surface area contributed by atoms with Crippen molar-refractivity contribution in [2.75, 3.05) is 11.5 Å². The fourth-order valence-electron chi connectivity index (χ4n) is 1.15. The van der Waals surface area contributed by atoms with Gasteiger partial charge < -0.3 is 5.73 Å². The lowest BCUT2D eigenvalue weighted by atomic mass is 10.3. The van der Waals surface area contributed by atoms with Crippen molar-refractivity contribution < 1.29 is 0 Å². The lowest BCUT2D eigenvalue weighted by Gasteiger charge is -2.03. The highest BCUT2D eigenvalue weighted by molar-refractivity contribution is 7.99. The molecule has 0 aliphatic heterocycles. The van der Waals surface area contributed by atoms with Crippen LogP contribution in [0.25, 0.3) is 0 Å². The minimum Gasteiger partial charge on any atom is -0.398 e. The third-order valence-corrected chi connectivity index (χ3v) is 3.10. The van der Waals surface area contributed by atoms with Crippen molar-refractivity contribution in [1.82, 2.24) is 0 Å². The molecular formula is C11H17NS. The molecule has 0 radical (unpaired) electrons. The van der Waals surface area contributed by atoms with E-state index in [9.17, 15) is 0 Å². The Bertz CT molecular complexity index is 248. The molecule has 0 fully saturated rings. The number of hydrogen-bond donors (Lipinski definition) is 1. The van der Waals surface area contributed by atoms with E-state index >= 15 is 0 Å². The van der Waals surface area contributed by atoms with Gasteiger partial charge in [-0.15, -0.1) is 11.8 Å². The van der Waals surface area contributed by atoms with Gasteiger partial charge in [-0.1, -0.05) is 31.9 Å². The Kier molecular flexibility index (Phi) is 4.76. The zero-order valence-electron chi connectivity index (χ0n) is 8.12. The summed E-state index contributed by atoms with van der Waals surface area (Å²) in [5, 5.41) is 0. The minimum absolute atomic E-state index is 0.906. The Labute approximate surface area is 84.7 Å². The van der Waals surface area contributed by atoms with Gasteiger partial charge in [0.05, 0.1) is 0 Å². The lowest BCUT2D eigenvalue weighted by molar-refractivity contribution is 0.778. The molecule has 1 aromatic carbocycles. The molecular weight excluding hydrogens is 178 g/mol. The van der Waals surface area contributed by atoms with Gasteiger partial charge in [0.1, 0.15) is 0 Å². The van der Waals surface area contributed by atoms with Crippen molar-refractivity contribution in [3.05, 3.63) is 24.3 Å². The van der Waals surface area contributed by atoms with E-state index in [-0.39, 0.29) is 0 Å². The van der Waals surface area contributed by atoms with E-state index in [1.165, 1.54) is 29.9 Å². The summed E-state index contributed by atoms with van der Waals surface area (Å²) in [5.74, 6) is 1.18. The second kappa shape index (κ2) is 5.92. The van der Waals surface area contributed by atoms with Crippen molar-refractivity contribution >= 4 is 17.4 Å². The molecule has 0 aliphatic carbocycles. The van der Waals surface area contributed by atoms with Gasteiger partial charge in [-0.2, -0.15) is 0 Å². The predicted octanol–water partition coefficient (Wildman–Crippen LogP) is 3.55. The van der Waals surface area contributed by atoms with Gasteiger partial charge in [0, 0.05) is 10.6 Å². The van der Waals surface area contributed by atoms with Crippen molar-refractivity contribution in [2.24, 2.45) is 0 Å². The average molecular weight is 195 g/mol. The van der Waals surface area contributed by atoms with E-state index in [1.807, 2.05) is 30.0 Å². The summed E-state index contributed by atoms with van der Waals surface area (Å²) in [6, 6.07) is 8.07. The first-order valence-corrected chi connectivity index (χ1v) is 5.80. The molecule has 13 heavy (non-hydrogen) atoms. The Hall–Kier alpha value is -0.630. The summed E-state index contributed by atoms with van der Waals surface area (Å²) in [6.07, 6.45) is 3.89. The molecule has 2 N–H and O–H groups in total. The van der Waals surface area contributed by atoms with Gasteiger partial charge in [0.25, 0.3) is 0 Å². The molecule has 0 bridgehead atoms. The molecule has 0 heterocycles. The topological polar surface area (TPSA) is 26.0 Å². The van der Waals surface area contributed by atoms with Gasteiger partial charge in [-0.25, -0.2) is 0 Å². The standard InChI is InChI=1S/C11H17NS/c1-2-3-6-9-13-11-8-5-4-7-10(11)12/h4-5,7-8H,2-3,6,9,12H2,1H3. The maximum atomic E-state index is 5.81. The number of benzene rings is 1. The van der Waals surface area contributed by atoms with Gasteiger partial charge >= 0.3 is 0 Å². The van der Waals surface area contributed by atoms with Gasteiger partial charge in [0.15, 0.2) is 0 Å². The van der Waals surface area contributed by atoms with E-state index in [0.717, 1.165) is 5.69 Å². The highest BCUT2D eigenvalue weighted by Gasteiger charge is 1.96. The number of para-hydroxylation sites is 1. The molecule has 0 amide bonds. The maximum absolute atomic E-state index is 5.81. The van der Waals surface area contributed by atoms with Crippen LogP contribution < -0.4 is 5.73 Å². The van der Waals surface area contributed by atoms with Gasteiger partial charge in [-0.05, 0) is 24.3 Å². The van der Waals surface area contributed by atoms with Crippen LogP contribution in [0, 0.1) is 0 Å². The quantitative estimate of drug-likeness (QED) is 0.442. The smallest absolute Gasteiger partial charge is 0.0452 e. The molecule has 0 unspecified atom stereocenters. The van der Waals surface area contributed by atoms with E-state index < -0.39 is 0 Å². The number of thioether (sulfide) groups is 1. The van der Waals surface area contributed by atoms with Crippen LogP contribution in [-0.4, -0.2) is 5.75 Å². The maximum Gasteiger partial charge on any atom is 0.0452 e. The second-order valence-corrected chi connectivity index (χ2v) is 4.23. The molecule has 0 aliphatic rings. The second-order valence-electron chi connectivity index (χ2n) is 3.09. The molecule has 0 saturated carbocycles. The third kappa shape index (κ3) is 3.73. The van der Waals surface area contributed by atoms with Crippen LogP contribution in [0.4, 0.5) is 5.69 Å². The van der Waals surface area contributed by atoms with Crippen LogP contribution in [0.3, 0.4) is 0 Å². The Morgan fingerprint density at radius 3 is 2.69 bits per heavy atom. The number of nitrogens with two attached hydrogens (primary N) is 1. The van der Waals surface area contributed by atoms with E-state index in [0.29, 0.717) is 0 Å². The molecule has 1 aromatic rings. The Balaban J connectivity index is 2.32. The summed E-state index contributed by atoms with van der Waals surface area (Å²) in [6.45, 7) is 2.22.